The quantitative estimate of drug-likeness (QED) is 0.435. The second kappa shape index (κ2) is 7.42. The van der Waals surface area contributed by atoms with Crippen molar-refractivity contribution in [3.05, 3.63) is 59.0 Å². The van der Waals surface area contributed by atoms with E-state index in [-0.39, 0.29) is 5.91 Å². The van der Waals surface area contributed by atoms with Crippen LogP contribution < -0.4 is 9.64 Å². The molecule has 122 valence electrons. The zero-order valence-electron chi connectivity index (χ0n) is 13.2. The lowest BCUT2D eigenvalue weighted by Crippen LogP contribution is -2.27. The first kappa shape index (κ1) is 17.1. The number of anilines is 1. The molecular weight excluding hydrogens is 358 g/mol. The van der Waals surface area contributed by atoms with E-state index in [4.69, 9.17) is 17.0 Å². The van der Waals surface area contributed by atoms with E-state index < -0.39 is 0 Å². The molecular formula is C18H15NO2S3. The minimum absolute atomic E-state index is 0.103. The Kier molecular flexibility index (Phi) is 5.28. The summed E-state index contributed by atoms with van der Waals surface area (Å²) in [6, 6.07) is 15.4. The van der Waals surface area contributed by atoms with Gasteiger partial charge in [-0.05, 0) is 36.6 Å². The van der Waals surface area contributed by atoms with Gasteiger partial charge in [-0.1, -0.05) is 48.2 Å². The van der Waals surface area contributed by atoms with E-state index in [9.17, 15) is 4.79 Å². The molecule has 1 saturated heterocycles. The van der Waals surface area contributed by atoms with Gasteiger partial charge < -0.3 is 4.74 Å². The van der Waals surface area contributed by atoms with Gasteiger partial charge in [0.25, 0.3) is 5.91 Å². The SMILES string of the molecule is COc1ccccc1/C=C1\SC(=S)N(c2cccc(SC)c2)C1=O. The van der Waals surface area contributed by atoms with Gasteiger partial charge in [-0.15, -0.1) is 11.8 Å². The van der Waals surface area contributed by atoms with Crippen molar-refractivity contribution in [2.75, 3.05) is 18.3 Å². The van der Waals surface area contributed by atoms with Crippen LogP contribution in [-0.4, -0.2) is 23.6 Å². The first-order chi connectivity index (χ1) is 11.6. The number of amides is 1. The van der Waals surface area contributed by atoms with E-state index in [1.807, 2.05) is 60.9 Å². The fraction of sp³-hybridized carbons (Fsp3) is 0.111. The highest BCUT2D eigenvalue weighted by molar-refractivity contribution is 8.27. The number of methoxy groups -OCH3 is 1. The van der Waals surface area contributed by atoms with Gasteiger partial charge in [-0.25, -0.2) is 0 Å². The molecule has 0 N–H and O–H groups in total. The van der Waals surface area contributed by atoms with Gasteiger partial charge >= 0.3 is 0 Å². The van der Waals surface area contributed by atoms with Crippen LogP contribution in [0.15, 0.2) is 58.3 Å². The lowest BCUT2D eigenvalue weighted by molar-refractivity contribution is -0.113. The summed E-state index contributed by atoms with van der Waals surface area (Å²) < 4.78 is 5.89. The standard InChI is InChI=1S/C18H15NO2S3/c1-21-15-9-4-3-6-12(15)10-16-17(20)19(18(22)24-16)13-7-5-8-14(11-13)23-2/h3-11H,1-2H3/b16-10-. The van der Waals surface area contributed by atoms with E-state index in [1.54, 1.807) is 23.8 Å². The summed E-state index contributed by atoms with van der Waals surface area (Å²) in [7, 11) is 1.62. The molecule has 0 radical (unpaired) electrons. The number of benzene rings is 2. The van der Waals surface area contributed by atoms with E-state index in [0.29, 0.717) is 9.23 Å². The van der Waals surface area contributed by atoms with Gasteiger partial charge in [0.05, 0.1) is 17.7 Å². The monoisotopic (exact) mass is 373 g/mol. The zero-order valence-corrected chi connectivity index (χ0v) is 15.6. The van der Waals surface area contributed by atoms with Crippen molar-refractivity contribution >= 4 is 57.7 Å². The van der Waals surface area contributed by atoms with Crippen molar-refractivity contribution < 1.29 is 9.53 Å². The summed E-state index contributed by atoms with van der Waals surface area (Å²) in [6.07, 6.45) is 3.83. The summed E-state index contributed by atoms with van der Waals surface area (Å²) in [5.41, 5.74) is 1.66. The van der Waals surface area contributed by atoms with Crippen molar-refractivity contribution in [2.45, 2.75) is 4.90 Å². The summed E-state index contributed by atoms with van der Waals surface area (Å²) >= 11 is 8.37. The second-order valence-corrected chi connectivity index (χ2v) is 7.52. The van der Waals surface area contributed by atoms with Gasteiger partial charge in [-0.3, -0.25) is 9.69 Å². The highest BCUT2D eigenvalue weighted by atomic mass is 32.2. The smallest absolute Gasteiger partial charge is 0.270 e. The maximum absolute atomic E-state index is 12.8. The third kappa shape index (κ3) is 3.36. The molecule has 0 aromatic heterocycles. The predicted molar refractivity (Wildman–Crippen MR) is 107 cm³/mol. The molecule has 0 spiro atoms. The van der Waals surface area contributed by atoms with Gasteiger partial charge in [0.1, 0.15) is 5.75 Å². The van der Waals surface area contributed by atoms with Gasteiger partial charge in [0.15, 0.2) is 4.32 Å². The normalized spacial score (nSPS) is 16.1. The number of para-hydroxylation sites is 1. The van der Waals surface area contributed by atoms with Gasteiger partial charge in [0.2, 0.25) is 0 Å². The van der Waals surface area contributed by atoms with Crippen LogP contribution in [-0.2, 0) is 4.79 Å². The summed E-state index contributed by atoms with van der Waals surface area (Å²) in [5, 5.41) is 0. The molecule has 0 aliphatic carbocycles. The number of carbonyl (C=O) groups excluding carboxylic acids is 1. The summed E-state index contributed by atoms with van der Waals surface area (Å²) in [4.78, 5) is 16.1. The van der Waals surface area contributed by atoms with Crippen LogP contribution in [0.25, 0.3) is 6.08 Å². The number of hydrogen-bond donors (Lipinski definition) is 0. The van der Waals surface area contributed by atoms with Crippen LogP contribution in [0, 0.1) is 0 Å². The minimum atomic E-state index is -0.103. The molecule has 6 heteroatoms. The number of thioether (sulfide) groups is 2. The van der Waals surface area contributed by atoms with Gasteiger partial charge in [-0.2, -0.15) is 0 Å². The molecule has 0 saturated carbocycles. The van der Waals surface area contributed by atoms with Crippen molar-refractivity contribution in [3.8, 4) is 5.75 Å². The third-order valence-electron chi connectivity index (χ3n) is 3.53. The maximum Gasteiger partial charge on any atom is 0.270 e. The molecule has 2 aromatic rings. The van der Waals surface area contributed by atoms with Crippen LogP contribution in [0.4, 0.5) is 5.69 Å². The van der Waals surface area contributed by atoms with Crippen LogP contribution in [0.1, 0.15) is 5.56 Å². The fourth-order valence-electron chi connectivity index (χ4n) is 2.37. The lowest BCUT2D eigenvalue weighted by Gasteiger charge is -2.15. The van der Waals surface area contributed by atoms with Crippen LogP contribution in [0.5, 0.6) is 5.75 Å². The topological polar surface area (TPSA) is 29.5 Å². The highest BCUT2D eigenvalue weighted by Crippen LogP contribution is 2.37. The number of nitrogens with zero attached hydrogens (tertiary/aromatic N) is 1. The predicted octanol–water partition coefficient (Wildman–Crippen LogP) is 4.82. The Labute approximate surface area is 155 Å². The molecule has 1 heterocycles. The molecule has 3 nitrogen and oxygen atoms in total. The molecule has 24 heavy (non-hydrogen) atoms. The molecule has 0 bridgehead atoms. The third-order valence-corrected chi connectivity index (χ3v) is 5.56. The van der Waals surface area contributed by atoms with Crippen LogP contribution in [0.3, 0.4) is 0 Å². The summed E-state index contributed by atoms with van der Waals surface area (Å²) in [6.45, 7) is 0. The molecule has 3 rings (SSSR count). The minimum Gasteiger partial charge on any atom is -0.496 e. The maximum atomic E-state index is 12.8. The Morgan fingerprint density at radius 2 is 2.00 bits per heavy atom. The average molecular weight is 374 g/mol. The summed E-state index contributed by atoms with van der Waals surface area (Å²) in [5.74, 6) is 0.626. The molecule has 2 aromatic carbocycles. The molecule has 0 unspecified atom stereocenters. The Balaban J connectivity index is 1.95. The van der Waals surface area contributed by atoms with Gasteiger partial charge in [0, 0.05) is 10.5 Å². The van der Waals surface area contributed by atoms with Crippen molar-refractivity contribution in [2.24, 2.45) is 0 Å². The number of ether oxygens (including phenoxy) is 1. The van der Waals surface area contributed by atoms with E-state index in [2.05, 4.69) is 0 Å². The zero-order chi connectivity index (χ0) is 17.1. The Bertz CT molecular complexity index is 833. The van der Waals surface area contributed by atoms with Crippen LogP contribution >= 0.6 is 35.7 Å². The Hall–Kier alpha value is -1.76. The van der Waals surface area contributed by atoms with E-state index in [0.717, 1.165) is 21.9 Å². The first-order valence-electron chi connectivity index (χ1n) is 7.19. The Morgan fingerprint density at radius 3 is 2.75 bits per heavy atom. The Morgan fingerprint density at radius 1 is 1.21 bits per heavy atom. The molecule has 0 atom stereocenters. The molecule has 1 aliphatic heterocycles. The number of rotatable bonds is 4. The first-order valence-corrected chi connectivity index (χ1v) is 9.64. The van der Waals surface area contributed by atoms with Crippen molar-refractivity contribution in [1.29, 1.82) is 0 Å². The van der Waals surface area contributed by atoms with E-state index >= 15 is 0 Å². The number of thiocarbonyl (C=S) groups is 1. The van der Waals surface area contributed by atoms with Crippen molar-refractivity contribution in [3.63, 3.8) is 0 Å². The molecule has 1 aliphatic rings. The number of carbonyl (C=O) groups is 1. The largest absolute Gasteiger partial charge is 0.496 e. The van der Waals surface area contributed by atoms with E-state index in [1.165, 1.54) is 11.8 Å². The highest BCUT2D eigenvalue weighted by Gasteiger charge is 2.33. The molecule has 1 fully saturated rings. The second-order valence-electron chi connectivity index (χ2n) is 4.96. The average Bonchev–Trinajstić information content (AvgIpc) is 2.89. The fourth-order valence-corrected chi connectivity index (χ4v) is 4.11. The van der Waals surface area contributed by atoms with Crippen molar-refractivity contribution in [1.82, 2.24) is 0 Å². The molecule has 1 amide bonds. The number of hydrogen-bond acceptors (Lipinski definition) is 5. The van der Waals surface area contributed by atoms with Crippen LogP contribution in [0.2, 0.25) is 0 Å². The lowest BCUT2D eigenvalue weighted by atomic mass is 10.2.